The van der Waals surface area contributed by atoms with Crippen LogP contribution in [0.15, 0.2) is 176 Å². The monoisotopic (exact) mass is 1150 g/mol. The van der Waals surface area contributed by atoms with E-state index in [0.717, 1.165) is 93.2 Å². The van der Waals surface area contributed by atoms with Gasteiger partial charge in [-0.2, -0.15) is 12.1 Å². The largest absolute Gasteiger partial charge is 0.509 e. The minimum atomic E-state index is -1.63. The van der Waals surface area contributed by atoms with E-state index in [9.17, 15) is 2.74 Å². The third kappa shape index (κ3) is 9.00. The molecule has 4 heterocycles. The number of nitrogens with zero attached hydrogens (tertiary/aromatic N) is 4. The summed E-state index contributed by atoms with van der Waals surface area (Å²) in [5.74, 6) is 1.60. The van der Waals surface area contributed by atoms with Gasteiger partial charge in [0.2, 0.25) is 0 Å². The molecule has 11 aromatic rings. The second-order valence-corrected chi connectivity index (χ2v) is 22.5. The number of pyridine rings is 1. The average Bonchev–Trinajstić information content (AvgIpc) is 4.15. The number of aromatic nitrogens is 3. The Hall–Kier alpha value is -7.33. The summed E-state index contributed by atoms with van der Waals surface area (Å²) >= 11 is 0. The zero-order chi connectivity index (χ0) is 54.0. The molecule has 74 heavy (non-hydrogen) atoms. The van der Waals surface area contributed by atoms with Crippen molar-refractivity contribution in [2.45, 2.75) is 80.5 Å². The van der Waals surface area contributed by atoms with E-state index in [1.165, 1.54) is 0 Å². The van der Waals surface area contributed by atoms with Gasteiger partial charge in [0.15, 0.2) is 0 Å². The molecule has 1 aliphatic rings. The summed E-state index contributed by atoms with van der Waals surface area (Å²) in [5, 5.41) is 8.60. The second kappa shape index (κ2) is 18.6. The zero-order valence-electron chi connectivity index (χ0n) is 47.3. The van der Waals surface area contributed by atoms with Gasteiger partial charge in [0.1, 0.15) is 5.82 Å². The van der Waals surface area contributed by atoms with Gasteiger partial charge in [0, 0.05) is 55.4 Å². The Morgan fingerprint density at radius 3 is 1.82 bits per heavy atom. The molecule has 12 rings (SSSR count). The van der Waals surface area contributed by atoms with Gasteiger partial charge in [-0.3, -0.25) is 0 Å². The summed E-state index contributed by atoms with van der Waals surface area (Å²) in [7, 11) is 0. The molecule has 5 nitrogen and oxygen atoms in total. The van der Waals surface area contributed by atoms with E-state index in [-0.39, 0.29) is 26.5 Å². The first kappa shape index (κ1) is 44.2. The number of hydrogen-bond donors (Lipinski definition) is 0. The predicted octanol–water partition coefficient (Wildman–Crippen LogP) is 18.4. The second-order valence-electron chi connectivity index (χ2n) is 22.5. The Kier molecular flexibility index (Phi) is 11.1. The topological polar surface area (TPSA) is 35.2 Å². The van der Waals surface area contributed by atoms with Crippen molar-refractivity contribution in [2.24, 2.45) is 10.8 Å². The minimum absolute atomic E-state index is 0. The number of fused-ring (bicyclic) bond motifs is 10. The molecule has 372 valence electrons. The molecule has 0 bridgehead atoms. The van der Waals surface area contributed by atoms with Crippen molar-refractivity contribution in [2.75, 3.05) is 4.90 Å². The Balaban J connectivity index is 0.00000645. The maximum atomic E-state index is 9.58. The smallest absolute Gasteiger partial charge is 0.135 e. The molecule has 8 aromatic carbocycles. The molecule has 0 unspecified atom stereocenters. The molecule has 0 radical (unpaired) electrons. The first-order chi connectivity index (χ1) is 36.6. The molecule has 0 spiro atoms. The summed E-state index contributed by atoms with van der Waals surface area (Å²) in [6.45, 7) is 20.4. The van der Waals surface area contributed by atoms with Crippen LogP contribution in [0.5, 0.6) is 11.5 Å². The van der Waals surface area contributed by atoms with Gasteiger partial charge < -0.3 is 18.8 Å². The fraction of sp³-hybridized carbons (Fsp3) is 0.206. The van der Waals surface area contributed by atoms with Crippen LogP contribution in [0.25, 0.3) is 82.1 Å². The van der Waals surface area contributed by atoms with Gasteiger partial charge >= 0.3 is 0 Å². The number of anilines is 2. The van der Waals surface area contributed by atoms with Crippen molar-refractivity contribution in [3.05, 3.63) is 212 Å². The third-order valence-corrected chi connectivity index (χ3v) is 13.7. The molecule has 0 fully saturated rings. The van der Waals surface area contributed by atoms with E-state index < -0.39 is 23.6 Å². The summed E-state index contributed by atoms with van der Waals surface area (Å²) < 4.78 is 48.5. The number of rotatable bonds is 7. The van der Waals surface area contributed by atoms with E-state index in [0.29, 0.717) is 28.4 Å². The minimum Gasteiger partial charge on any atom is -0.509 e. The first-order valence-electron chi connectivity index (χ1n) is 27.3. The van der Waals surface area contributed by atoms with Crippen molar-refractivity contribution in [1.29, 1.82) is 0 Å². The van der Waals surface area contributed by atoms with Crippen LogP contribution in [-0.4, -0.2) is 14.1 Å². The molecule has 0 aliphatic carbocycles. The average molecular weight is 1150 g/mol. The van der Waals surface area contributed by atoms with Crippen molar-refractivity contribution in [1.82, 2.24) is 14.1 Å². The van der Waals surface area contributed by atoms with Crippen LogP contribution in [0.2, 0.25) is 0 Å². The quantitative estimate of drug-likeness (QED) is 0.149. The Labute approximate surface area is 455 Å². The Morgan fingerprint density at radius 2 is 1.14 bits per heavy atom. The third-order valence-electron chi connectivity index (χ3n) is 13.7. The number of ether oxygens (including phenoxy) is 1. The van der Waals surface area contributed by atoms with Gasteiger partial charge in [-0.25, -0.2) is 4.98 Å². The molecular weight excluding hydrogens is 1080 g/mol. The van der Waals surface area contributed by atoms with Crippen LogP contribution >= 0.6 is 0 Å². The van der Waals surface area contributed by atoms with Crippen LogP contribution < -0.4 is 9.64 Å². The number of benzene rings is 8. The predicted molar refractivity (Wildman–Crippen MR) is 307 cm³/mol. The van der Waals surface area contributed by atoms with Gasteiger partial charge in [0.25, 0.3) is 0 Å². The van der Waals surface area contributed by atoms with Crippen molar-refractivity contribution < 1.29 is 31.3 Å². The Bertz CT molecular complexity index is 4270. The normalized spacial score (nSPS) is 13.9. The van der Waals surface area contributed by atoms with Crippen LogP contribution in [0.3, 0.4) is 0 Å². The summed E-state index contributed by atoms with van der Waals surface area (Å²) in [6.07, 6.45) is -1.56. The van der Waals surface area contributed by atoms with E-state index in [1.807, 2.05) is 82.5 Å². The number of para-hydroxylation sites is 3. The first-order valence-corrected chi connectivity index (χ1v) is 25.3. The van der Waals surface area contributed by atoms with E-state index >= 15 is 0 Å². The van der Waals surface area contributed by atoms with Crippen molar-refractivity contribution in [3.63, 3.8) is 0 Å². The molecule has 1 aliphatic heterocycles. The van der Waals surface area contributed by atoms with Crippen molar-refractivity contribution >= 4 is 76.5 Å². The van der Waals surface area contributed by atoms with Crippen LogP contribution in [0.1, 0.15) is 84.5 Å². The molecule has 0 saturated heterocycles. The van der Waals surface area contributed by atoms with Crippen LogP contribution in [0.4, 0.5) is 11.4 Å². The van der Waals surface area contributed by atoms with Crippen LogP contribution in [0, 0.1) is 29.6 Å². The maximum absolute atomic E-state index is 9.58. The summed E-state index contributed by atoms with van der Waals surface area (Å²) in [4.78, 5) is 6.99. The van der Waals surface area contributed by atoms with Gasteiger partial charge in [-0.15, -0.1) is 35.7 Å². The SMILES string of the molecule is [2H]C([2H])(c1cc(-c2cccc3c4ccccc4c4ccccc4c4cccc5c4n(c23)[CH-]N5c2[c-]c(Oc3[c-]c4c(cc3)c3ccccc3n4-c3cc(C([2H])([2H])C(C)(C)C)ccn3)ccc2)cc(C(C)(C)C)c1)C(C)(C)C.[Pt]. The summed E-state index contributed by atoms with van der Waals surface area (Å²) in [6, 6.07) is 65.8. The molecular formula is C68H61N4OPt-3. The van der Waals surface area contributed by atoms with E-state index in [2.05, 4.69) is 176 Å². The molecule has 0 amide bonds. The van der Waals surface area contributed by atoms with Crippen LogP contribution in [-0.2, 0) is 39.2 Å². The summed E-state index contributed by atoms with van der Waals surface area (Å²) in [5.41, 5.74) is 8.07. The molecule has 0 atom stereocenters. The van der Waals surface area contributed by atoms with E-state index in [4.69, 9.17) is 12.5 Å². The van der Waals surface area contributed by atoms with Gasteiger partial charge in [-0.1, -0.05) is 189 Å². The zero-order valence-corrected chi connectivity index (χ0v) is 45.6. The fourth-order valence-corrected chi connectivity index (χ4v) is 10.7. The Morgan fingerprint density at radius 1 is 0.541 bits per heavy atom. The number of hydrogen-bond acceptors (Lipinski definition) is 3. The fourth-order valence-electron chi connectivity index (χ4n) is 10.7. The van der Waals surface area contributed by atoms with E-state index in [1.54, 1.807) is 12.3 Å². The van der Waals surface area contributed by atoms with Crippen molar-refractivity contribution in [3.8, 4) is 28.4 Å². The standard InChI is InChI=1S/C68H61N4O.Pt/c1-66(2,3)41-44-33-34-69-63(37-44)72-60-29-15-14-25-56(60)57-32-31-50(40-62(57)72)73-49-20-16-19-48(39-49)70-43-71-64-51(46-35-45(42-67(4,5)6)36-47(38-46)68(7,8)9)26-17-27-58(64)54-23-12-10-21-52(54)53-22-11-13-24-55(53)59-28-18-30-61(70)65(59)71;/h10-38,43H,41-42H2,1-9H3;/q-3;/i41D2,42D2;. The maximum Gasteiger partial charge on any atom is 0.135 e. The molecule has 3 aromatic heterocycles. The molecule has 6 heteroatoms. The molecule has 0 saturated carbocycles. The molecule has 0 N–H and O–H groups in total. The van der Waals surface area contributed by atoms with Gasteiger partial charge in [0.05, 0.1) is 0 Å². The van der Waals surface area contributed by atoms with Gasteiger partial charge in [-0.05, 0) is 136 Å².